The lowest BCUT2D eigenvalue weighted by Gasteiger charge is -2.26. The first-order chi connectivity index (χ1) is 9.69. The molecule has 1 aromatic rings. The molecule has 0 spiro atoms. The van der Waals surface area contributed by atoms with Crippen LogP contribution in [0.5, 0.6) is 0 Å². The number of hydrogen-bond acceptors (Lipinski definition) is 5. The molecule has 112 valence electrons. The smallest absolute Gasteiger partial charge is 0.339 e. The van der Waals surface area contributed by atoms with E-state index in [2.05, 4.69) is 4.74 Å². The fourth-order valence-electron chi connectivity index (χ4n) is 2.54. The Bertz CT molecular complexity index is 648. The maximum absolute atomic E-state index is 12.1. The molecule has 6 heteroatoms. The summed E-state index contributed by atoms with van der Waals surface area (Å²) in [5.41, 5.74) is 0.446. The molecule has 1 unspecified atom stereocenters. The average molecular weight is 291 g/mol. The zero-order chi connectivity index (χ0) is 15.9. The van der Waals surface area contributed by atoms with Gasteiger partial charge in [0, 0.05) is 0 Å². The number of ketones is 1. The maximum atomic E-state index is 12.1. The molecule has 0 fully saturated rings. The quantitative estimate of drug-likeness (QED) is 0.656. The van der Waals surface area contributed by atoms with Crippen molar-refractivity contribution in [3.8, 4) is 0 Å². The van der Waals surface area contributed by atoms with Gasteiger partial charge in [-0.05, 0) is 38.0 Å². The van der Waals surface area contributed by atoms with E-state index in [9.17, 15) is 19.5 Å². The highest BCUT2D eigenvalue weighted by molar-refractivity contribution is 6.52. The van der Waals surface area contributed by atoms with E-state index < -0.39 is 23.3 Å². The van der Waals surface area contributed by atoms with Crippen LogP contribution in [0.2, 0.25) is 0 Å². The molecule has 0 aliphatic carbocycles. The van der Waals surface area contributed by atoms with E-state index >= 15 is 0 Å². The van der Waals surface area contributed by atoms with Gasteiger partial charge in [-0.15, -0.1) is 0 Å². The molecule has 0 saturated carbocycles. The summed E-state index contributed by atoms with van der Waals surface area (Å²) >= 11 is 0. The molecule has 1 heterocycles. The average Bonchev–Trinajstić information content (AvgIpc) is 2.62. The summed E-state index contributed by atoms with van der Waals surface area (Å²) in [7, 11) is 1.15. The van der Waals surface area contributed by atoms with Crippen LogP contribution in [0, 0.1) is 13.8 Å². The number of esters is 1. The summed E-state index contributed by atoms with van der Waals surface area (Å²) in [5.74, 6) is -2.23. The number of aliphatic hydroxyl groups is 1. The Balaban J connectivity index is 2.47. The van der Waals surface area contributed by atoms with E-state index in [4.69, 9.17) is 0 Å². The summed E-state index contributed by atoms with van der Waals surface area (Å²) in [4.78, 5) is 36.9. The molecule has 0 aromatic heterocycles. The van der Waals surface area contributed by atoms with Gasteiger partial charge in [0.15, 0.2) is 5.60 Å². The Morgan fingerprint density at radius 2 is 1.95 bits per heavy atom. The van der Waals surface area contributed by atoms with Gasteiger partial charge in [-0.3, -0.25) is 9.59 Å². The second kappa shape index (κ2) is 4.96. The molecular formula is C15H17NO5. The molecule has 0 saturated heterocycles. The van der Waals surface area contributed by atoms with Crippen LogP contribution in [0.1, 0.15) is 28.4 Å². The van der Waals surface area contributed by atoms with Gasteiger partial charge in [-0.1, -0.05) is 6.07 Å². The molecule has 1 aliphatic rings. The second-order valence-electron chi connectivity index (χ2n) is 5.46. The molecular weight excluding hydrogens is 274 g/mol. The summed E-state index contributed by atoms with van der Waals surface area (Å²) in [6.45, 7) is 4.51. The minimum Gasteiger partial charge on any atom is -0.467 e. The SMILES string of the molecule is COC(=O)C(C)(O)CN1C(=O)C(=O)c2c(C)cc(C)cc21. The lowest BCUT2D eigenvalue weighted by Crippen LogP contribution is -2.49. The highest BCUT2D eigenvalue weighted by atomic mass is 16.5. The van der Waals surface area contributed by atoms with Crippen LogP contribution in [-0.2, 0) is 14.3 Å². The number of nitrogens with zero attached hydrogens (tertiary/aromatic N) is 1. The van der Waals surface area contributed by atoms with Crippen LogP contribution in [-0.4, -0.2) is 42.0 Å². The fraction of sp³-hybridized carbons (Fsp3) is 0.400. The Morgan fingerprint density at radius 1 is 1.33 bits per heavy atom. The zero-order valence-electron chi connectivity index (χ0n) is 12.4. The number of hydrogen-bond donors (Lipinski definition) is 1. The number of Topliss-reactive ketones (excluding diaryl/α,β-unsaturated/α-hetero) is 1. The van der Waals surface area contributed by atoms with Gasteiger partial charge in [0.25, 0.3) is 11.7 Å². The molecule has 1 aromatic carbocycles. The first-order valence-electron chi connectivity index (χ1n) is 6.47. The number of benzene rings is 1. The summed E-state index contributed by atoms with van der Waals surface area (Å²) in [5, 5.41) is 10.1. The normalized spacial score (nSPS) is 16.7. The predicted octanol–water partition coefficient (Wildman–Crippen LogP) is 0.757. The molecule has 21 heavy (non-hydrogen) atoms. The van der Waals surface area contributed by atoms with Gasteiger partial charge in [0.2, 0.25) is 0 Å². The van der Waals surface area contributed by atoms with Gasteiger partial charge < -0.3 is 14.7 Å². The number of amides is 1. The minimum absolute atomic E-state index is 0.325. The molecule has 2 rings (SSSR count). The Kier molecular flexibility index (Phi) is 3.59. The number of β-amino-alcohol motifs (C(OH)–C–C–N with tert-alkyl or cyclic N) is 1. The van der Waals surface area contributed by atoms with Crippen molar-refractivity contribution in [1.29, 1.82) is 0 Å². The van der Waals surface area contributed by atoms with Crippen molar-refractivity contribution in [2.75, 3.05) is 18.6 Å². The van der Waals surface area contributed by atoms with E-state index in [1.165, 1.54) is 6.92 Å². The molecule has 1 amide bonds. The number of carbonyl (C=O) groups excluding carboxylic acids is 3. The van der Waals surface area contributed by atoms with Crippen molar-refractivity contribution >= 4 is 23.3 Å². The monoisotopic (exact) mass is 291 g/mol. The summed E-state index contributed by atoms with van der Waals surface area (Å²) in [6, 6.07) is 3.50. The van der Waals surface area contributed by atoms with Crippen molar-refractivity contribution in [2.45, 2.75) is 26.4 Å². The van der Waals surface area contributed by atoms with Gasteiger partial charge in [-0.2, -0.15) is 0 Å². The molecule has 1 N–H and O–H groups in total. The van der Waals surface area contributed by atoms with Gasteiger partial charge >= 0.3 is 5.97 Å². The zero-order valence-corrected chi connectivity index (χ0v) is 12.4. The number of methoxy groups -OCH3 is 1. The van der Waals surface area contributed by atoms with E-state index in [1.807, 2.05) is 13.0 Å². The largest absolute Gasteiger partial charge is 0.467 e. The molecule has 0 bridgehead atoms. The van der Waals surface area contributed by atoms with E-state index in [1.54, 1.807) is 13.0 Å². The van der Waals surface area contributed by atoms with Crippen LogP contribution < -0.4 is 4.90 Å². The van der Waals surface area contributed by atoms with E-state index in [-0.39, 0.29) is 6.54 Å². The molecule has 6 nitrogen and oxygen atoms in total. The fourth-order valence-corrected chi connectivity index (χ4v) is 2.54. The van der Waals surface area contributed by atoms with Crippen molar-refractivity contribution in [3.63, 3.8) is 0 Å². The molecule has 1 atom stereocenters. The van der Waals surface area contributed by atoms with E-state index in [0.717, 1.165) is 17.6 Å². The van der Waals surface area contributed by atoms with Crippen LogP contribution >= 0.6 is 0 Å². The lowest BCUT2D eigenvalue weighted by atomic mass is 10.0. The van der Waals surface area contributed by atoms with Crippen molar-refractivity contribution in [3.05, 3.63) is 28.8 Å². The topological polar surface area (TPSA) is 83.9 Å². The van der Waals surface area contributed by atoms with Gasteiger partial charge in [-0.25, -0.2) is 4.79 Å². The first-order valence-corrected chi connectivity index (χ1v) is 6.47. The van der Waals surface area contributed by atoms with Crippen molar-refractivity contribution in [1.82, 2.24) is 0 Å². The Labute approximate surface area is 122 Å². The van der Waals surface area contributed by atoms with Crippen LogP contribution in [0.3, 0.4) is 0 Å². The highest BCUT2D eigenvalue weighted by Crippen LogP contribution is 2.33. The Hall–Kier alpha value is -2.21. The molecule has 1 aliphatic heterocycles. The number of anilines is 1. The van der Waals surface area contributed by atoms with Crippen molar-refractivity contribution < 1.29 is 24.2 Å². The number of aryl methyl sites for hydroxylation is 2. The minimum atomic E-state index is -1.88. The third-order valence-electron chi connectivity index (χ3n) is 3.51. The third-order valence-corrected chi connectivity index (χ3v) is 3.51. The summed E-state index contributed by atoms with van der Waals surface area (Å²) < 4.78 is 4.51. The number of ether oxygens (including phenoxy) is 1. The standard InChI is InChI=1S/C15H17NO5/c1-8-5-9(2)11-10(6-8)16(13(18)12(11)17)7-15(3,20)14(19)21-4/h5-6,20H,7H2,1-4H3. The first kappa shape index (κ1) is 15.2. The van der Waals surface area contributed by atoms with E-state index in [0.29, 0.717) is 16.8 Å². The third kappa shape index (κ3) is 2.42. The predicted molar refractivity (Wildman–Crippen MR) is 75.2 cm³/mol. The molecule has 0 radical (unpaired) electrons. The van der Waals surface area contributed by atoms with Crippen LogP contribution in [0.25, 0.3) is 0 Å². The van der Waals surface area contributed by atoms with Crippen LogP contribution in [0.15, 0.2) is 12.1 Å². The highest BCUT2D eigenvalue weighted by Gasteiger charge is 2.43. The van der Waals surface area contributed by atoms with Crippen LogP contribution in [0.4, 0.5) is 5.69 Å². The summed E-state index contributed by atoms with van der Waals surface area (Å²) in [6.07, 6.45) is 0. The van der Waals surface area contributed by atoms with Gasteiger partial charge in [0.05, 0.1) is 24.9 Å². The maximum Gasteiger partial charge on any atom is 0.339 e. The lowest BCUT2D eigenvalue weighted by molar-refractivity contribution is -0.159. The van der Waals surface area contributed by atoms with Crippen molar-refractivity contribution in [2.24, 2.45) is 0 Å². The van der Waals surface area contributed by atoms with Gasteiger partial charge in [0.1, 0.15) is 0 Å². The second-order valence-corrected chi connectivity index (χ2v) is 5.46. The number of rotatable bonds is 3. The number of carbonyl (C=O) groups is 3. The Morgan fingerprint density at radius 3 is 2.52 bits per heavy atom. The number of fused-ring (bicyclic) bond motifs is 1.